The first-order chi connectivity index (χ1) is 10.8. The van der Waals surface area contributed by atoms with E-state index in [1.165, 1.54) is 10.4 Å². The summed E-state index contributed by atoms with van der Waals surface area (Å²) in [7, 11) is 0. The largest absolute Gasteiger partial charge is 0.278 e. The van der Waals surface area contributed by atoms with E-state index >= 15 is 0 Å². The highest BCUT2D eigenvalue weighted by Gasteiger charge is 2.31. The van der Waals surface area contributed by atoms with E-state index in [9.17, 15) is 4.79 Å². The van der Waals surface area contributed by atoms with Crippen LogP contribution in [-0.4, -0.2) is 15.0 Å². The quantitative estimate of drug-likeness (QED) is 0.851. The smallest absolute Gasteiger partial charge is 0.267 e. The van der Waals surface area contributed by atoms with Crippen molar-refractivity contribution in [3.8, 4) is 0 Å². The van der Waals surface area contributed by atoms with Gasteiger partial charge >= 0.3 is 0 Å². The molecule has 3 rings (SSSR count). The third-order valence-electron chi connectivity index (χ3n) is 5.08. The Balaban J connectivity index is 1.99. The molecule has 0 radical (unpaired) electrons. The summed E-state index contributed by atoms with van der Waals surface area (Å²) in [4.78, 5) is 15.0. The molecular formula is C18H27N3OS. The van der Waals surface area contributed by atoms with Gasteiger partial charge in [0.15, 0.2) is 4.83 Å². The normalized spacial score (nSPS) is 18.6. The highest BCUT2D eigenvalue weighted by atomic mass is 32.1. The maximum absolute atomic E-state index is 12.8. The number of hydrogen-bond acceptors (Lipinski definition) is 4. The molecule has 0 saturated carbocycles. The van der Waals surface area contributed by atoms with Gasteiger partial charge in [-0.3, -0.25) is 4.79 Å². The summed E-state index contributed by atoms with van der Waals surface area (Å²) in [5.74, 6) is 1.24. The lowest BCUT2D eigenvalue weighted by Crippen LogP contribution is -2.28. The second-order valence-electron chi connectivity index (χ2n) is 8.29. The molecule has 0 saturated heterocycles. The summed E-state index contributed by atoms with van der Waals surface area (Å²) in [6, 6.07) is 0. The van der Waals surface area contributed by atoms with E-state index in [-0.39, 0.29) is 5.56 Å². The number of aryl methyl sites for hydroxylation is 2. The van der Waals surface area contributed by atoms with Crippen molar-refractivity contribution in [2.24, 2.45) is 17.3 Å². The zero-order valence-electron chi connectivity index (χ0n) is 14.8. The summed E-state index contributed by atoms with van der Waals surface area (Å²) < 4.78 is 1.56. The van der Waals surface area contributed by atoms with Crippen LogP contribution in [0.3, 0.4) is 0 Å². The van der Waals surface area contributed by atoms with Gasteiger partial charge in [-0.2, -0.15) is 0 Å². The Morgan fingerprint density at radius 1 is 1.35 bits per heavy atom. The molecule has 0 aromatic carbocycles. The van der Waals surface area contributed by atoms with Crippen molar-refractivity contribution >= 4 is 21.6 Å². The standard InChI is InChI=1S/C18H27N3OS/c1-11(2)8-9-21-17(22)15-13-7-6-12(18(3,4)5)10-14(13)23-16(15)19-20-21/h11-12H,6-10H2,1-5H3/t12-/m1/s1. The van der Waals surface area contributed by atoms with Gasteiger partial charge in [0.05, 0.1) is 5.39 Å². The van der Waals surface area contributed by atoms with E-state index < -0.39 is 0 Å². The molecule has 0 N–H and O–H groups in total. The number of fused-ring (bicyclic) bond motifs is 3. The lowest BCUT2D eigenvalue weighted by Gasteiger charge is -2.33. The minimum atomic E-state index is 0.0577. The van der Waals surface area contributed by atoms with Crippen molar-refractivity contribution in [3.05, 3.63) is 20.8 Å². The first kappa shape index (κ1) is 16.6. The monoisotopic (exact) mass is 333 g/mol. The summed E-state index contributed by atoms with van der Waals surface area (Å²) in [6.07, 6.45) is 4.20. The topological polar surface area (TPSA) is 47.8 Å². The molecule has 0 spiro atoms. The lowest BCUT2D eigenvalue weighted by molar-refractivity contribution is 0.218. The van der Waals surface area contributed by atoms with E-state index in [4.69, 9.17) is 0 Å². The average Bonchev–Trinajstić information content (AvgIpc) is 2.83. The van der Waals surface area contributed by atoms with Crippen LogP contribution < -0.4 is 5.56 Å². The SMILES string of the molecule is CC(C)CCn1nnc2sc3c(c2c1=O)CC[C@@H](C(C)(C)C)C3. The van der Waals surface area contributed by atoms with E-state index in [2.05, 4.69) is 44.9 Å². The summed E-state index contributed by atoms with van der Waals surface area (Å²) in [6.45, 7) is 11.9. The van der Waals surface area contributed by atoms with Gasteiger partial charge in [0, 0.05) is 11.4 Å². The fourth-order valence-electron chi connectivity index (χ4n) is 3.39. The van der Waals surface area contributed by atoms with Crippen LogP contribution in [-0.2, 0) is 19.4 Å². The number of rotatable bonds is 3. The molecule has 0 fully saturated rings. The fraction of sp³-hybridized carbons (Fsp3) is 0.722. The van der Waals surface area contributed by atoms with Crippen LogP contribution >= 0.6 is 11.3 Å². The molecule has 126 valence electrons. The molecule has 2 aromatic heterocycles. The van der Waals surface area contributed by atoms with Crippen LogP contribution in [0.15, 0.2) is 4.79 Å². The van der Waals surface area contributed by atoms with Gasteiger partial charge in [0.25, 0.3) is 5.56 Å². The predicted molar refractivity (Wildman–Crippen MR) is 96.1 cm³/mol. The average molecular weight is 334 g/mol. The molecule has 2 aromatic rings. The van der Waals surface area contributed by atoms with Crippen molar-refractivity contribution in [2.45, 2.75) is 66.8 Å². The van der Waals surface area contributed by atoms with Crippen molar-refractivity contribution in [1.29, 1.82) is 0 Å². The predicted octanol–water partition coefficient (Wildman–Crippen LogP) is 4.05. The highest BCUT2D eigenvalue weighted by molar-refractivity contribution is 7.18. The Labute approximate surface area is 141 Å². The molecule has 1 atom stereocenters. The molecule has 1 aliphatic carbocycles. The molecular weight excluding hydrogens is 306 g/mol. The van der Waals surface area contributed by atoms with E-state index in [0.717, 1.165) is 35.9 Å². The van der Waals surface area contributed by atoms with E-state index in [1.54, 1.807) is 16.0 Å². The number of thiophene rings is 1. The van der Waals surface area contributed by atoms with Crippen molar-refractivity contribution in [3.63, 3.8) is 0 Å². The van der Waals surface area contributed by atoms with Crippen molar-refractivity contribution in [1.82, 2.24) is 15.0 Å². The first-order valence-corrected chi connectivity index (χ1v) is 9.47. The molecule has 0 bridgehead atoms. The summed E-state index contributed by atoms with van der Waals surface area (Å²) in [5.41, 5.74) is 1.63. The van der Waals surface area contributed by atoms with Crippen LogP contribution in [0, 0.1) is 17.3 Å². The van der Waals surface area contributed by atoms with Gasteiger partial charge in [-0.15, -0.1) is 16.4 Å². The molecule has 1 aliphatic rings. The lowest BCUT2D eigenvalue weighted by atomic mass is 9.72. The zero-order chi connectivity index (χ0) is 16.8. The van der Waals surface area contributed by atoms with Gasteiger partial charge < -0.3 is 0 Å². The van der Waals surface area contributed by atoms with Crippen LogP contribution in [0.5, 0.6) is 0 Å². The minimum absolute atomic E-state index is 0.0577. The van der Waals surface area contributed by atoms with Crippen LogP contribution in [0.2, 0.25) is 0 Å². The van der Waals surface area contributed by atoms with Gasteiger partial charge in [0.2, 0.25) is 0 Å². The van der Waals surface area contributed by atoms with Crippen LogP contribution in [0.25, 0.3) is 10.2 Å². The molecule has 4 nitrogen and oxygen atoms in total. The zero-order valence-corrected chi connectivity index (χ0v) is 15.7. The van der Waals surface area contributed by atoms with Crippen molar-refractivity contribution in [2.75, 3.05) is 0 Å². The highest BCUT2D eigenvalue weighted by Crippen LogP contribution is 2.41. The van der Waals surface area contributed by atoms with E-state index in [0.29, 0.717) is 23.8 Å². The second-order valence-corrected chi connectivity index (χ2v) is 9.37. The second kappa shape index (κ2) is 6.00. The summed E-state index contributed by atoms with van der Waals surface area (Å²) >= 11 is 1.68. The third-order valence-corrected chi connectivity index (χ3v) is 6.22. The Hall–Kier alpha value is -1.23. The first-order valence-electron chi connectivity index (χ1n) is 8.65. The molecule has 0 amide bonds. The molecule has 0 aliphatic heterocycles. The molecule has 5 heteroatoms. The van der Waals surface area contributed by atoms with Crippen LogP contribution in [0.1, 0.15) is 57.9 Å². The fourth-order valence-corrected chi connectivity index (χ4v) is 4.63. The van der Waals surface area contributed by atoms with E-state index in [1.807, 2.05) is 0 Å². The molecule has 23 heavy (non-hydrogen) atoms. The number of hydrogen-bond donors (Lipinski definition) is 0. The van der Waals surface area contributed by atoms with Crippen LogP contribution in [0.4, 0.5) is 0 Å². The molecule has 2 heterocycles. The summed E-state index contributed by atoms with van der Waals surface area (Å²) in [5, 5.41) is 9.34. The Bertz CT molecular complexity index is 767. The minimum Gasteiger partial charge on any atom is -0.267 e. The van der Waals surface area contributed by atoms with Gasteiger partial charge in [-0.1, -0.05) is 39.8 Å². The number of aromatic nitrogens is 3. The van der Waals surface area contributed by atoms with Gasteiger partial charge in [0.1, 0.15) is 0 Å². The maximum atomic E-state index is 12.8. The Morgan fingerprint density at radius 3 is 2.74 bits per heavy atom. The van der Waals surface area contributed by atoms with Gasteiger partial charge in [-0.05, 0) is 48.5 Å². The number of nitrogens with zero attached hydrogens (tertiary/aromatic N) is 3. The Morgan fingerprint density at radius 2 is 2.09 bits per heavy atom. The third kappa shape index (κ3) is 3.21. The van der Waals surface area contributed by atoms with Crippen molar-refractivity contribution < 1.29 is 0 Å². The van der Waals surface area contributed by atoms with Gasteiger partial charge in [-0.25, -0.2) is 4.68 Å². The maximum Gasteiger partial charge on any atom is 0.278 e. The molecule has 0 unspecified atom stereocenters. The Kier molecular flexibility index (Phi) is 4.34.